The number of unbranched alkanes of at least 4 members (excludes halogenated alkanes) is 1. The van der Waals surface area contributed by atoms with Crippen LogP contribution in [-0.2, 0) is 81.6 Å². The number of fused-ring (bicyclic) bond motifs is 1. The molecule has 109 heavy (non-hydrogen) atoms. The van der Waals surface area contributed by atoms with Crippen LogP contribution in [-0.4, -0.2) is 205 Å². The van der Waals surface area contributed by atoms with Crippen molar-refractivity contribution in [3.8, 4) is 11.5 Å². The number of carboxylic acids is 1. The number of rotatable bonds is 18. The molecule has 33 heteroatoms. The summed E-state index contributed by atoms with van der Waals surface area (Å²) in [5.41, 5.74) is 6.62. The lowest BCUT2D eigenvalue weighted by Gasteiger charge is -2.33. The molecule has 4 aromatic rings. The van der Waals surface area contributed by atoms with Crippen LogP contribution in [0.1, 0.15) is 174 Å². The first-order valence-electron chi connectivity index (χ1n) is 37.7. The van der Waals surface area contributed by atoms with Gasteiger partial charge < -0.3 is 100 Å². The highest BCUT2D eigenvalue weighted by atomic mass is 16.4. The number of aromatic nitrogens is 2. The van der Waals surface area contributed by atoms with Crippen LogP contribution in [0.3, 0.4) is 0 Å². The molecule has 12 amide bonds. The number of nitrogens with two attached hydrogens (primary N) is 1. The van der Waals surface area contributed by atoms with Crippen molar-refractivity contribution in [2.75, 3.05) is 19.6 Å². The van der Waals surface area contributed by atoms with Crippen molar-refractivity contribution < 1.29 is 87.9 Å². The largest absolute Gasteiger partial charge is 0.508 e. The minimum absolute atomic E-state index is 0.0189. The number of carbonyl (C=O) groups excluding carboxylic acids is 12. The summed E-state index contributed by atoms with van der Waals surface area (Å²) in [6.45, 7) is 9.66. The first kappa shape index (κ1) is 87.6. The number of aliphatic carboxylic acids is 1. The van der Waals surface area contributed by atoms with E-state index in [1.54, 1.807) is 39.8 Å². The number of hydrogen-bond donors (Lipinski definition) is 19. The molecule has 1 aliphatic heterocycles. The third kappa shape index (κ3) is 28.7. The molecule has 2 aliphatic rings. The molecule has 6 rings (SSSR count). The van der Waals surface area contributed by atoms with Gasteiger partial charge in [0.2, 0.25) is 70.9 Å². The number of aromatic hydroxyl groups is 2. The van der Waals surface area contributed by atoms with Crippen LogP contribution in [0.25, 0.3) is 11.0 Å². The van der Waals surface area contributed by atoms with Crippen LogP contribution in [0, 0.1) is 11.3 Å². The van der Waals surface area contributed by atoms with Gasteiger partial charge in [0.15, 0.2) is 0 Å². The summed E-state index contributed by atoms with van der Waals surface area (Å²) in [5.74, 6) is -12.3. The van der Waals surface area contributed by atoms with Crippen molar-refractivity contribution in [2.24, 2.45) is 17.1 Å². The molecule has 2 aromatic carbocycles. The Labute approximate surface area is 633 Å². The zero-order valence-electron chi connectivity index (χ0n) is 63.0. The Morgan fingerprint density at radius 2 is 1.00 bits per heavy atom. The summed E-state index contributed by atoms with van der Waals surface area (Å²) in [6, 6.07) is -0.661. The van der Waals surface area contributed by atoms with Crippen molar-refractivity contribution in [1.29, 1.82) is 0 Å². The quantitative estimate of drug-likeness (QED) is 0.0607. The van der Waals surface area contributed by atoms with Crippen molar-refractivity contribution in [3.63, 3.8) is 0 Å². The van der Waals surface area contributed by atoms with E-state index in [1.165, 1.54) is 74.8 Å². The van der Waals surface area contributed by atoms with Crippen LogP contribution in [0.2, 0.25) is 0 Å². The van der Waals surface area contributed by atoms with Gasteiger partial charge in [0.1, 0.15) is 77.6 Å². The van der Waals surface area contributed by atoms with E-state index in [-0.39, 0.29) is 101 Å². The van der Waals surface area contributed by atoms with Gasteiger partial charge in [-0.1, -0.05) is 84.1 Å². The Bertz CT molecular complexity index is 3730. The Hall–Kier alpha value is -10.3. The molecule has 3 heterocycles. The van der Waals surface area contributed by atoms with Gasteiger partial charge in [0.05, 0.1) is 12.2 Å². The molecule has 1 saturated heterocycles. The number of aliphatic hydroxyl groups excluding tert-OH is 2. The highest BCUT2D eigenvalue weighted by Crippen LogP contribution is 2.28. The zero-order valence-corrected chi connectivity index (χ0v) is 63.0. The van der Waals surface area contributed by atoms with Gasteiger partial charge in [-0.15, -0.1) is 0 Å². The van der Waals surface area contributed by atoms with Crippen molar-refractivity contribution in [3.05, 3.63) is 89.7 Å². The van der Waals surface area contributed by atoms with Crippen LogP contribution < -0.4 is 69.5 Å². The van der Waals surface area contributed by atoms with Gasteiger partial charge in [-0.3, -0.25) is 62.3 Å². The number of aliphatic hydroxyl groups is 2. The SMILES string of the molecule is CCC[C@@H]1NC(=O)[C@H](Cc2c[nH]c3ncccc23)NC(=O)[C@H]([C@@H](C)O)NC(=O)[C@H](CCCCN)NC(=O)[C@H](Cc2ccc(O)cc2)NC(=O)[C@H](C(C)(C)C)NC(=O)CCCCCNC(=O)CCCNC(=O)[C@H]([C@@H](C)O)NC(=O)[C@H](C2CCCCC2)NC(=O)[C@H](Cc2ccc(O)cc2)NC(=O)[C@H](CCC(=O)O)NC1=O. The highest BCUT2D eigenvalue weighted by molar-refractivity contribution is 6.00. The molecule has 0 bridgehead atoms. The Morgan fingerprint density at radius 3 is 1.57 bits per heavy atom. The average Bonchev–Trinajstić information content (AvgIpc) is 1.78. The fourth-order valence-corrected chi connectivity index (χ4v) is 13.0. The highest BCUT2D eigenvalue weighted by Gasteiger charge is 2.41. The number of H-pyrrole nitrogens is 1. The maximum Gasteiger partial charge on any atom is 0.303 e. The van der Waals surface area contributed by atoms with Crippen LogP contribution in [0.15, 0.2) is 73.1 Å². The van der Waals surface area contributed by atoms with E-state index in [2.05, 4.69) is 73.8 Å². The summed E-state index contributed by atoms with van der Waals surface area (Å²) in [4.78, 5) is 193. The van der Waals surface area contributed by atoms with Crippen molar-refractivity contribution in [2.45, 2.75) is 249 Å². The molecular weight excluding hydrogens is 1410 g/mol. The molecule has 33 nitrogen and oxygen atoms in total. The van der Waals surface area contributed by atoms with Crippen LogP contribution in [0.5, 0.6) is 11.5 Å². The second-order valence-electron chi connectivity index (χ2n) is 29.3. The molecule has 1 aliphatic carbocycles. The van der Waals surface area contributed by atoms with E-state index in [0.717, 1.165) is 6.42 Å². The predicted molar refractivity (Wildman–Crippen MR) is 401 cm³/mol. The zero-order chi connectivity index (χ0) is 79.9. The van der Waals surface area contributed by atoms with E-state index >= 15 is 4.79 Å². The Morgan fingerprint density at radius 1 is 0.514 bits per heavy atom. The molecule has 0 radical (unpaired) electrons. The van der Waals surface area contributed by atoms with Crippen molar-refractivity contribution >= 4 is 87.9 Å². The second kappa shape index (κ2) is 43.6. The standard InChI is InChI=1S/C76H111N15O18/c1-7-18-52-66(100)84-54(33-34-60(98)99)67(101)85-56(40-46-27-31-50(95)32-28-46)71(105)91-63(47-19-10-8-11-20-47)74(108)90-61(43(2)92)72(106)80-38-17-24-58(96)78-36-15-9-12-23-59(97)88-64(76(4,5)6)75(109)87-55(39-45-25-29-49(94)30-26-45)69(103)83-53(22-13-14-35-77)68(102)89-62(44(3)93)73(107)86-57(70(104)82-52)41-48-42-81-65-51(48)21-16-37-79-65/h16,21,25-32,37,42-44,47,52-57,61-64,92-95H,7-15,17-20,22-24,33-36,38-41,77H2,1-6H3,(H,78,96)(H,79,81)(H,80,106)(H,82,104)(H,83,103)(H,84,100)(H,85,101)(H,86,107)(H,87,109)(H,88,97)(H,89,102)(H,90,108)(H,91,105)(H,98,99)/t43-,44-,52+,53+,54+,55+,56+,57+,61+,62+,63+,64-/m1/s1. The third-order valence-corrected chi connectivity index (χ3v) is 19.2. The summed E-state index contributed by atoms with van der Waals surface area (Å²) in [6.07, 6.45) is 2.91. The number of nitrogens with zero attached hydrogens (tertiary/aromatic N) is 1. The third-order valence-electron chi connectivity index (χ3n) is 19.2. The van der Waals surface area contributed by atoms with E-state index in [4.69, 9.17) is 5.73 Å². The van der Waals surface area contributed by atoms with E-state index < -0.39 is 168 Å². The molecule has 598 valence electrons. The number of benzene rings is 2. The van der Waals surface area contributed by atoms with Gasteiger partial charge in [0, 0.05) is 69.4 Å². The topological polar surface area (TPSA) is 522 Å². The maximum atomic E-state index is 15.0. The first-order valence-corrected chi connectivity index (χ1v) is 37.7. The van der Waals surface area contributed by atoms with Gasteiger partial charge >= 0.3 is 5.97 Å². The monoisotopic (exact) mass is 1520 g/mol. The molecule has 1 saturated carbocycles. The number of hydrogen-bond acceptors (Lipinski definition) is 19. The van der Waals surface area contributed by atoms with Gasteiger partial charge in [-0.2, -0.15) is 0 Å². The van der Waals surface area contributed by atoms with E-state index in [1.807, 2.05) is 0 Å². The van der Waals surface area contributed by atoms with Crippen LogP contribution >= 0.6 is 0 Å². The van der Waals surface area contributed by atoms with Crippen LogP contribution in [0.4, 0.5) is 0 Å². The van der Waals surface area contributed by atoms with Gasteiger partial charge in [0.25, 0.3) is 0 Å². The minimum Gasteiger partial charge on any atom is -0.508 e. The minimum atomic E-state index is -1.86. The Kier molecular flexibility index (Phi) is 35.1. The number of carboxylic acid groups (broad SMARTS) is 1. The molecule has 2 aromatic heterocycles. The predicted octanol–water partition coefficient (Wildman–Crippen LogP) is 0.618. The summed E-state index contributed by atoms with van der Waals surface area (Å²) < 4.78 is 0. The molecule has 0 unspecified atom stereocenters. The fourth-order valence-electron chi connectivity index (χ4n) is 13.0. The number of pyridine rings is 1. The first-order chi connectivity index (χ1) is 51.8. The lowest BCUT2D eigenvalue weighted by atomic mass is 9.83. The molecule has 0 spiro atoms. The summed E-state index contributed by atoms with van der Waals surface area (Å²) in [5, 5.41) is 85.3. The van der Waals surface area contributed by atoms with Crippen molar-refractivity contribution in [1.82, 2.24) is 73.8 Å². The number of phenols is 2. The maximum absolute atomic E-state index is 15.0. The smallest absolute Gasteiger partial charge is 0.303 e. The molecular formula is C76H111N15O18. The van der Waals surface area contributed by atoms with Gasteiger partial charge in [-0.05, 0) is 149 Å². The number of nitrogens with one attached hydrogen (secondary N) is 13. The molecule has 12 atom stereocenters. The van der Waals surface area contributed by atoms with Gasteiger partial charge in [-0.25, -0.2) is 4.98 Å². The number of carbonyl (C=O) groups is 13. The van der Waals surface area contributed by atoms with E-state index in [9.17, 15) is 83.1 Å². The molecule has 2 fully saturated rings. The normalized spacial score (nSPS) is 24.5. The number of phenolic OH excluding ortho intramolecular Hbond substituents is 2. The van der Waals surface area contributed by atoms with E-state index in [0.29, 0.717) is 79.1 Å². The number of amides is 12. The lowest BCUT2D eigenvalue weighted by Crippen LogP contribution is -2.63. The number of aromatic amines is 1. The lowest BCUT2D eigenvalue weighted by molar-refractivity contribution is -0.139. The fraction of sp³-hybridized carbons (Fsp3) is 0.579. The summed E-state index contributed by atoms with van der Waals surface area (Å²) in [7, 11) is 0. The second-order valence-corrected chi connectivity index (χ2v) is 29.3. The molecule has 20 N–H and O–H groups in total. The Balaban J connectivity index is 1.37. The summed E-state index contributed by atoms with van der Waals surface area (Å²) >= 11 is 0. The average molecular weight is 1520 g/mol.